The van der Waals surface area contributed by atoms with Crippen LogP contribution in [-0.2, 0) is 17.8 Å². The van der Waals surface area contributed by atoms with Crippen molar-refractivity contribution >= 4 is 11.8 Å². The molecule has 0 radical (unpaired) electrons. The zero-order valence-electron chi connectivity index (χ0n) is 17.8. The molecule has 2 amide bonds. The molecule has 0 spiro atoms. The number of hydrogen-bond donors (Lipinski definition) is 2. The third-order valence-electron chi connectivity index (χ3n) is 5.41. The number of carbonyl (C=O) groups excluding carboxylic acids is 2. The maximum Gasteiger partial charge on any atom is 0.272 e. The standard InChI is InChI=1S/C22H28F2N4O2/c1-22(2,3)18(21(30)25-4)27-20(29)17-16-8-6-5-7-11-28(16)19(26-17)13-9-10-14(23)15(24)12-13/h9-10,12,18H,5-8,11H2,1-4H3,(H,25,30)(H,27,29). The normalized spacial score (nSPS) is 15.1. The quantitative estimate of drug-likeness (QED) is 0.799. The summed E-state index contributed by atoms with van der Waals surface area (Å²) in [4.78, 5) is 30.0. The first-order chi connectivity index (χ1) is 14.1. The van der Waals surface area contributed by atoms with E-state index in [0.717, 1.165) is 37.1 Å². The van der Waals surface area contributed by atoms with Gasteiger partial charge in [0.1, 0.15) is 17.6 Å². The number of carbonyl (C=O) groups is 2. The van der Waals surface area contributed by atoms with Gasteiger partial charge in [0.2, 0.25) is 5.91 Å². The molecule has 0 bridgehead atoms. The summed E-state index contributed by atoms with van der Waals surface area (Å²) in [5.41, 5.74) is 0.897. The summed E-state index contributed by atoms with van der Waals surface area (Å²) in [5, 5.41) is 5.41. The highest BCUT2D eigenvalue weighted by atomic mass is 19.2. The van der Waals surface area contributed by atoms with E-state index < -0.39 is 29.0 Å². The fraction of sp³-hybridized carbons (Fsp3) is 0.500. The number of benzene rings is 1. The number of rotatable bonds is 4. The van der Waals surface area contributed by atoms with Crippen molar-refractivity contribution in [2.45, 2.75) is 59.0 Å². The Hall–Kier alpha value is -2.77. The number of nitrogens with zero attached hydrogens (tertiary/aromatic N) is 2. The van der Waals surface area contributed by atoms with Gasteiger partial charge >= 0.3 is 0 Å². The molecule has 0 fully saturated rings. The summed E-state index contributed by atoms with van der Waals surface area (Å²) in [6, 6.07) is 2.87. The van der Waals surface area contributed by atoms with Crippen molar-refractivity contribution in [1.29, 1.82) is 0 Å². The van der Waals surface area contributed by atoms with Crippen LogP contribution >= 0.6 is 0 Å². The topological polar surface area (TPSA) is 76.0 Å². The predicted octanol–water partition coefficient (Wildman–Crippen LogP) is 3.45. The van der Waals surface area contributed by atoms with E-state index in [4.69, 9.17) is 0 Å². The van der Waals surface area contributed by atoms with Gasteiger partial charge in [-0.3, -0.25) is 9.59 Å². The summed E-state index contributed by atoms with van der Waals surface area (Å²) < 4.78 is 29.2. The zero-order valence-corrected chi connectivity index (χ0v) is 17.8. The third-order valence-corrected chi connectivity index (χ3v) is 5.41. The summed E-state index contributed by atoms with van der Waals surface area (Å²) in [6.07, 6.45) is 3.47. The summed E-state index contributed by atoms with van der Waals surface area (Å²) >= 11 is 0. The SMILES string of the molecule is CNC(=O)C(NC(=O)c1nc(-c2ccc(F)c(F)c2)n2c1CCCCC2)C(C)(C)C. The molecule has 0 aliphatic carbocycles. The smallest absolute Gasteiger partial charge is 0.272 e. The molecule has 0 saturated carbocycles. The molecule has 162 valence electrons. The van der Waals surface area contributed by atoms with Crippen LogP contribution in [0, 0.1) is 17.0 Å². The molecular formula is C22H28F2N4O2. The number of fused-ring (bicyclic) bond motifs is 1. The lowest BCUT2D eigenvalue weighted by molar-refractivity contribution is -0.124. The Morgan fingerprint density at radius 3 is 2.50 bits per heavy atom. The molecule has 1 aromatic carbocycles. The second kappa shape index (κ2) is 8.53. The number of imidazole rings is 1. The molecule has 30 heavy (non-hydrogen) atoms. The highest BCUT2D eigenvalue weighted by Gasteiger charge is 2.34. The molecule has 1 aliphatic rings. The van der Waals surface area contributed by atoms with Crippen molar-refractivity contribution in [1.82, 2.24) is 20.2 Å². The van der Waals surface area contributed by atoms with E-state index in [-0.39, 0.29) is 11.6 Å². The van der Waals surface area contributed by atoms with Crippen molar-refractivity contribution in [3.8, 4) is 11.4 Å². The first-order valence-electron chi connectivity index (χ1n) is 10.2. The van der Waals surface area contributed by atoms with Gasteiger partial charge in [-0.2, -0.15) is 0 Å². The average molecular weight is 418 g/mol. The molecule has 1 aliphatic heterocycles. The minimum Gasteiger partial charge on any atom is -0.357 e. The van der Waals surface area contributed by atoms with Crippen molar-refractivity contribution in [2.24, 2.45) is 5.41 Å². The molecule has 1 unspecified atom stereocenters. The van der Waals surface area contributed by atoms with Crippen LogP contribution in [0.3, 0.4) is 0 Å². The van der Waals surface area contributed by atoms with Gasteiger partial charge in [-0.05, 0) is 42.9 Å². The number of likely N-dealkylation sites (N-methyl/N-ethyl adjacent to an activating group) is 1. The fourth-order valence-electron chi connectivity index (χ4n) is 3.78. The van der Waals surface area contributed by atoms with Crippen LogP contribution in [0.2, 0.25) is 0 Å². The van der Waals surface area contributed by atoms with E-state index in [0.29, 0.717) is 24.4 Å². The lowest BCUT2D eigenvalue weighted by atomic mass is 9.86. The van der Waals surface area contributed by atoms with Gasteiger partial charge in [0.05, 0.1) is 5.69 Å². The minimum atomic E-state index is -0.961. The monoisotopic (exact) mass is 418 g/mol. The van der Waals surface area contributed by atoms with Gasteiger partial charge in [0.25, 0.3) is 5.91 Å². The molecule has 0 saturated heterocycles. The number of nitrogens with one attached hydrogen (secondary N) is 2. The Morgan fingerprint density at radius 2 is 1.87 bits per heavy atom. The van der Waals surface area contributed by atoms with E-state index in [1.807, 2.05) is 25.3 Å². The van der Waals surface area contributed by atoms with Crippen molar-refractivity contribution in [3.63, 3.8) is 0 Å². The summed E-state index contributed by atoms with van der Waals surface area (Å²) in [7, 11) is 1.52. The van der Waals surface area contributed by atoms with E-state index >= 15 is 0 Å². The van der Waals surface area contributed by atoms with Crippen molar-refractivity contribution in [2.75, 3.05) is 7.05 Å². The van der Waals surface area contributed by atoms with Gasteiger partial charge in [0, 0.05) is 19.2 Å². The van der Waals surface area contributed by atoms with Crippen LogP contribution in [-0.4, -0.2) is 34.5 Å². The third kappa shape index (κ3) is 4.37. The summed E-state index contributed by atoms with van der Waals surface area (Å²) in [5.74, 6) is -2.20. The maximum absolute atomic E-state index is 13.8. The number of halogens is 2. The molecular weight excluding hydrogens is 390 g/mol. The number of aromatic nitrogens is 2. The van der Waals surface area contributed by atoms with Gasteiger partial charge < -0.3 is 15.2 Å². The van der Waals surface area contributed by atoms with Crippen LogP contribution in [0.25, 0.3) is 11.4 Å². The highest BCUT2D eigenvalue weighted by Crippen LogP contribution is 2.29. The lowest BCUT2D eigenvalue weighted by Crippen LogP contribution is -2.53. The van der Waals surface area contributed by atoms with Crippen LogP contribution in [0.5, 0.6) is 0 Å². The van der Waals surface area contributed by atoms with Crippen LogP contribution in [0.1, 0.15) is 56.2 Å². The number of amides is 2. The molecule has 8 heteroatoms. The van der Waals surface area contributed by atoms with Crippen LogP contribution in [0.15, 0.2) is 18.2 Å². The first kappa shape index (κ1) is 21.9. The molecule has 3 rings (SSSR count). The predicted molar refractivity (Wildman–Crippen MR) is 110 cm³/mol. The molecule has 2 N–H and O–H groups in total. The largest absolute Gasteiger partial charge is 0.357 e. The molecule has 2 aromatic rings. The minimum absolute atomic E-state index is 0.231. The van der Waals surface area contributed by atoms with Crippen LogP contribution < -0.4 is 10.6 Å². The van der Waals surface area contributed by atoms with E-state index in [9.17, 15) is 18.4 Å². The maximum atomic E-state index is 13.8. The highest BCUT2D eigenvalue weighted by molar-refractivity contribution is 5.97. The number of hydrogen-bond acceptors (Lipinski definition) is 3. The van der Waals surface area contributed by atoms with Gasteiger partial charge in [0.15, 0.2) is 11.6 Å². The first-order valence-corrected chi connectivity index (χ1v) is 10.2. The summed E-state index contributed by atoms with van der Waals surface area (Å²) in [6.45, 7) is 6.25. The van der Waals surface area contributed by atoms with E-state index in [2.05, 4.69) is 15.6 Å². The van der Waals surface area contributed by atoms with Gasteiger partial charge in [-0.25, -0.2) is 13.8 Å². The lowest BCUT2D eigenvalue weighted by Gasteiger charge is -2.29. The second-order valence-electron chi connectivity index (χ2n) is 8.71. The molecule has 1 atom stereocenters. The van der Waals surface area contributed by atoms with Crippen LogP contribution in [0.4, 0.5) is 8.78 Å². The average Bonchev–Trinajstić information content (AvgIpc) is 2.88. The van der Waals surface area contributed by atoms with E-state index in [1.165, 1.54) is 13.1 Å². The van der Waals surface area contributed by atoms with Crippen molar-refractivity contribution in [3.05, 3.63) is 41.2 Å². The van der Waals surface area contributed by atoms with Crippen molar-refractivity contribution < 1.29 is 18.4 Å². The molecule has 1 aromatic heterocycles. The van der Waals surface area contributed by atoms with Gasteiger partial charge in [-0.1, -0.05) is 27.2 Å². The molecule has 2 heterocycles. The Morgan fingerprint density at radius 1 is 1.13 bits per heavy atom. The molecule has 6 nitrogen and oxygen atoms in total. The second-order valence-corrected chi connectivity index (χ2v) is 8.71. The van der Waals surface area contributed by atoms with E-state index in [1.54, 1.807) is 0 Å². The Bertz CT molecular complexity index is 963. The Balaban J connectivity index is 2.04. The van der Waals surface area contributed by atoms with Gasteiger partial charge in [-0.15, -0.1) is 0 Å². The Kier molecular flexibility index (Phi) is 6.24. The zero-order chi connectivity index (χ0) is 22.1. The fourth-order valence-corrected chi connectivity index (χ4v) is 3.78. The Labute approximate surface area is 175 Å².